The Bertz CT molecular complexity index is 423. The van der Waals surface area contributed by atoms with Crippen LogP contribution in [-0.2, 0) is 6.42 Å². The highest BCUT2D eigenvalue weighted by atomic mass is 35.5. The summed E-state index contributed by atoms with van der Waals surface area (Å²) < 4.78 is 11.4. The fourth-order valence-corrected chi connectivity index (χ4v) is 2.61. The summed E-state index contributed by atoms with van der Waals surface area (Å²) in [7, 11) is 1.64. The molecule has 0 spiro atoms. The van der Waals surface area contributed by atoms with Crippen molar-refractivity contribution in [3.05, 3.63) is 22.7 Å². The lowest BCUT2D eigenvalue weighted by Gasteiger charge is -2.18. The number of methoxy groups -OCH3 is 1. The second kappa shape index (κ2) is 9.91. The Balaban J connectivity index is 2.77. The van der Waals surface area contributed by atoms with Gasteiger partial charge in [-0.1, -0.05) is 44.7 Å². The molecule has 1 aromatic carbocycles. The van der Waals surface area contributed by atoms with E-state index in [4.69, 9.17) is 26.8 Å². The zero-order chi connectivity index (χ0) is 15.7. The maximum atomic E-state index is 6.33. The molecule has 3 nitrogen and oxygen atoms in total. The first-order valence-corrected chi connectivity index (χ1v) is 8.23. The third-order valence-electron chi connectivity index (χ3n) is 3.73. The molecule has 0 aliphatic rings. The summed E-state index contributed by atoms with van der Waals surface area (Å²) in [4.78, 5) is 0. The third kappa shape index (κ3) is 5.76. The van der Waals surface area contributed by atoms with Crippen LogP contribution in [0.3, 0.4) is 0 Å². The van der Waals surface area contributed by atoms with Gasteiger partial charge in [-0.05, 0) is 43.0 Å². The fourth-order valence-electron chi connectivity index (χ4n) is 2.32. The van der Waals surface area contributed by atoms with Crippen molar-refractivity contribution in [3.63, 3.8) is 0 Å². The van der Waals surface area contributed by atoms with Gasteiger partial charge >= 0.3 is 0 Å². The summed E-state index contributed by atoms with van der Waals surface area (Å²) >= 11 is 6.33. The lowest BCUT2D eigenvalue weighted by molar-refractivity contribution is 0.224. The average Bonchev–Trinajstić information content (AvgIpc) is 2.48. The number of halogens is 1. The summed E-state index contributed by atoms with van der Waals surface area (Å²) in [5, 5.41) is 0.600. The summed E-state index contributed by atoms with van der Waals surface area (Å²) in [6.45, 7) is 5.69. The molecule has 0 saturated carbocycles. The molecule has 1 aromatic rings. The van der Waals surface area contributed by atoms with Crippen molar-refractivity contribution >= 4 is 11.6 Å². The van der Waals surface area contributed by atoms with Crippen LogP contribution in [0.1, 0.15) is 45.1 Å². The molecule has 0 saturated heterocycles. The molecule has 0 radical (unpaired) electrons. The van der Waals surface area contributed by atoms with E-state index in [0.717, 1.165) is 18.4 Å². The van der Waals surface area contributed by atoms with Gasteiger partial charge in [0.25, 0.3) is 0 Å². The van der Waals surface area contributed by atoms with Crippen LogP contribution in [0.15, 0.2) is 12.1 Å². The van der Waals surface area contributed by atoms with E-state index in [9.17, 15) is 0 Å². The lowest BCUT2D eigenvalue weighted by Crippen LogP contribution is -2.12. The smallest absolute Gasteiger partial charge is 0.179 e. The van der Waals surface area contributed by atoms with Crippen LogP contribution in [0.5, 0.6) is 11.5 Å². The fraction of sp³-hybridized carbons (Fsp3) is 0.647. The van der Waals surface area contributed by atoms with E-state index in [0.29, 0.717) is 35.6 Å². The van der Waals surface area contributed by atoms with E-state index < -0.39 is 0 Å². The number of benzene rings is 1. The van der Waals surface area contributed by atoms with Crippen molar-refractivity contribution in [2.75, 3.05) is 20.3 Å². The standard InChI is InChI=1S/C17H28ClNO2/c1-4-6-7-13(5-2)12-21-17-15(18)10-14(8-9-19)11-16(17)20-3/h10-11,13H,4-9,12,19H2,1-3H3. The Morgan fingerprint density at radius 1 is 1.29 bits per heavy atom. The van der Waals surface area contributed by atoms with Gasteiger partial charge in [-0.25, -0.2) is 0 Å². The maximum absolute atomic E-state index is 6.33. The lowest BCUT2D eigenvalue weighted by atomic mass is 10.0. The molecule has 2 N–H and O–H groups in total. The molecule has 0 amide bonds. The Hall–Kier alpha value is -0.930. The zero-order valence-corrected chi connectivity index (χ0v) is 14.2. The van der Waals surface area contributed by atoms with Crippen molar-refractivity contribution < 1.29 is 9.47 Å². The first kappa shape index (κ1) is 18.1. The monoisotopic (exact) mass is 313 g/mol. The topological polar surface area (TPSA) is 44.5 Å². The molecule has 1 rings (SSSR count). The quantitative estimate of drug-likeness (QED) is 0.694. The Morgan fingerprint density at radius 2 is 2.05 bits per heavy atom. The molecular formula is C17H28ClNO2. The van der Waals surface area contributed by atoms with Gasteiger partial charge in [0.1, 0.15) is 0 Å². The van der Waals surface area contributed by atoms with Gasteiger partial charge in [-0.2, -0.15) is 0 Å². The summed E-state index contributed by atoms with van der Waals surface area (Å²) in [5.74, 6) is 1.90. The van der Waals surface area contributed by atoms with Crippen LogP contribution < -0.4 is 15.2 Å². The highest BCUT2D eigenvalue weighted by Gasteiger charge is 2.14. The van der Waals surface area contributed by atoms with Gasteiger partial charge in [-0.3, -0.25) is 0 Å². The molecule has 0 fully saturated rings. The van der Waals surface area contributed by atoms with Gasteiger partial charge in [0.15, 0.2) is 11.5 Å². The Kier molecular flexibility index (Phi) is 8.55. The number of rotatable bonds is 10. The van der Waals surface area contributed by atoms with Crippen molar-refractivity contribution in [1.29, 1.82) is 0 Å². The maximum Gasteiger partial charge on any atom is 0.179 e. The molecule has 0 aromatic heterocycles. The van der Waals surface area contributed by atoms with Crippen LogP contribution in [0.25, 0.3) is 0 Å². The van der Waals surface area contributed by atoms with Gasteiger partial charge in [0.05, 0.1) is 18.7 Å². The predicted octanol–water partition coefficient (Wildman–Crippen LogP) is 4.45. The number of unbranched alkanes of at least 4 members (excludes halogenated alkanes) is 1. The molecular weight excluding hydrogens is 286 g/mol. The number of hydrogen-bond donors (Lipinski definition) is 1. The van der Waals surface area contributed by atoms with E-state index >= 15 is 0 Å². The van der Waals surface area contributed by atoms with E-state index in [-0.39, 0.29) is 0 Å². The number of hydrogen-bond acceptors (Lipinski definition) is 3. The molecule has 0 aliphatic carbocycles. The minimum absolute atomic E-state index is 0.564. The highest BCUT2D eigenvalue weighted by Crippen LogP contribution is 2.37. The summed E-state index contributed by atoms with van der Waals surface area (Å²) in [6, 6.07) is 3.88. The SMILES string of the molecule is CCCCC(CC)COc1c(Cl)cc(CCN)cc1OC. The van der Waals surface area contributed by atoms with Crippen LogP contribution in [-0.4, -0.2) is 20.3 Å². The first-order chi connectivity index (χ1) is 10.2. The van der Waals surface area contributed by atoms with E-state index in [2.05, 4.69) is 13.8 Å². The van der Waals surface area contributed by atoms with Crippen LogP contribution in [0.4, 0.5) is 0 Å². The van der Waals surface area contributed by atoms with Crippen molar-refractivity contribution in [2.24, 2.45) is 11.7 Å². The second-order valence-electron chi connectivity index (χ2n) is 5.38. The summed E-state index contributed by atoms with van der Waals surface area (Å²) in [5.41, 5.74) is 6.66. The number of ether oxygens (including phenoxy) is 2. The molecule has 1 unspecified atom stereocenters. The molecule has 0 bridgehead atoms. The highest BCUT2D eigenvalue weighted by molar-refractivity contribution is 6.32. The van der Waals surface area contributed by atoms with Crippen molar-refractivity contribution in [2.45, 2.75) is 46.0 Å². The summed E-state index contributed by atoms with van der Waals surface area (Å²) in [6.07, 6.45) is 5.55. The Labute approximate surface area is 133 Å². The van der Waals surface area contributed by atoms with Gasteiger partial charge in [-0.15, -0.1) is 0 Å². The van der Waals surface area contributed by atoms with E-state index in [1.165, 1.54) is 19.3 Å². The van der Waals surface area contributed by atoms with E-state index in [1.807, 2.05) is 12.1 Å². The molecule has 0 aliphatic heterocycles. The van der Waals surface area contributed by atoms with Crippen molar-refractivity contribution in [1.82, 2.24) is 0 Å². The largest absolute Gasteiger partial charge is 0.493 e. The molecule has 4 heteroatoms. The normalized spacial score (nSPS) is 12.2. The minimum atomic E-state index is 0.564. The minimum Gasteiger partial charge on any atom is -0.493 e. The van der Waals surface area contributed by atoms with E-state index in [1.54, 1.807) is 7.11 Å². The zero-order valence-electron chi connectivity index (χ0n) is 13.5. The predicted molar refractivity (Wildman–Crippen MR) is 89.6 cm³/mol. The van der Waals surface area contributed by atoms with Gasteiger partial charge in [0, 0.05) is 0 Å². The molecule has 0 heterocycles. The third-order valence-corrected chi connectivity index (χ3v) is 4.01. The van der Waals surface area contributed by atoms with Crippen molar-refractivity contribution in [3.8, 4) is 11.5 Å². The second-order valence-corrected chi connectivity index (χ2v) is 5.78. The Morgan fingerprint density at radius 3 is 2.62 bits per heavy atom. The number of nitrogens with two attached hydrogens (primary N) is 1. The molecule has 120 valence electrons. The van der Waals surface area contributed by atoms with Crippen LogP contribution in [0.2, 0.25) is 5.02 Å². The average molecular weight is 314 g/mol. The van der Waals surface area contributed by atoms with Gasteiger partial charge < -0.3 is 15.2 Å². The van der Waals surface area contributed by atoms with Crippen LogP contribution in [0, 0.1) is 5.92 Å². The molecule has 21 heavy (non-hydrogen) atoms. The van der Waals surface area contributed by atoms with Gasteiger partial charge in [0.2, 0.25) is 0 Å². The molecule has 1 atom stereocenters. The van der Waals surface area contributed by atoms with Crippen LogP contribution >= 0.6 is 11.6 Å². The first-order valence-electron chi connectivity index (χ1n) is 7.85.